The quantitative estimate of drug-likeness (QED) is 0.385. The molecule has 37 heavy (non-hydrogen) atoms. The number of aromatic nitrogens is 2. The maximum absolute atomic E-state index is 12.7. The number of nitriles is 1. The zero-order valence-corrected chi connectivity index (χ0v) is 20.8. The molecular weight excluding hydrogens is 486 g/mol. The number of rotatable bonds is 6. The molecule has 184 valence electrons. The minimum Gasteiger partial charge on any atom is -0.493 e. The highest BCUT2D eigenvalue weighted by Crippen LogP contribution is 2.38. The molecule has 0 fully saturated rings. The third-order valence-electron chi connectivity index (χ3n) is 6.27. The minimum absolute atomic E-state index is 0.214. The van der Waals surface area contributed by atoms with Crippen molar-refractivity contribution in [2.75, 3.05) is 18.5 Å². The third kappa shape index (κ3) is 5.20. The Labute approximate surface area is 218 Å². The van der Waals surface area contributed by atoms with Crippen molar-refractivity contribution in [2.24, 2.45) is 0 Å². The van der Waals surface area contributed by atoms with Crippen molar-refractivity contribution in [3.8, 4) is 34.2 Å². The van der Waals surface area contributed by atoms with E-state index < -0.39 is 11.3 Å². The Bertz CT molecular complexity index is 1510. The molecule has 8 nitrogen and oxygen atoms in total. The van der Waals surface area contributed by atoms with E-state index in [0.29, 0.717) is 35.0 Å². The Balaban J connectivity index is 1.21. The van der Waals surface area contributed by atoms with Gasteiger partial charge in [-0.05, 0) is 54.4 Å². The van der Waals surface area contributed by atoms with Crippen LogP contribution in [0.1, 0.15) is 29.3 Å². The monoisotopic (exact) mass is 509 g/mol. The van der Waals surface area contributed by atoms with Crippen LogP contribution in [-0.2, 0) is 10.2 Å². The lowest BCUT2D eigenvalue weighted by Crippen LogP contribution is -2.33. The van der Waals surface area contributed by atoms with Crippen molar-refractivity contribution in [3.63, 3.8) is 0 Å². The number of carbonyl (C=O) groups excluding carboxylic acids is 2. The van der Waals surface area contributed by atoms with E-state index >= 15 is 0 Å². The summed E-state index contributed by atoms with van der Waals surface area (Å²) in [7, 11) is 0. The highest BCUT2D eigenvalue weighted by atomic mass is 32.1. The molecule has 0 saturated heterocycles. The van der Waals surface area contributed by atoms with Crippen molar-refractivity contribution in [1.82, 2.24) is 15.3 Å². The molecule has 2 aromatic carbocycles. The zero-order valence-electron chi connectivity index (χ0n) is 20.0. The maximum Gasteiger partial charge on any atom is 0.251 e. The van der Waals surface area contributed by atoms with Gasteiger partial charge in [0.1, 0.15) is 5.75 Å². The Morgan fingerprint density at radius 2 is 1.92 bits per heavy atom. The van der Waals surface area contributed by atoms with Gasteiger partial charge in [-0.2, -0.15) is 5.26 Å². The predicted octanol–water partition coefficient (Wildman–Crippen LogP) is 4.80. The first-order valence-corrected chi connectivity index (χ1v) is 12.6. The van der Waals surface area contributed by atoms with E-state index in [1.165, 1.54) is 11.3 Å². The first kappa shape index (κ1) is 24.2. The third-order valence-corrected chi connectivity index (χ3v) is 7.03. The van der Waals surface area contributed by atoms with Gasteiger partial charge in [-0.1, -0.05) is 18.2 Å². The van der Waals surface area contributed by atoms with Gasteiger partial charge in [-0.15, -0.1) is 11.3 Å². The summed E-state index contributed by atoms with van der Waals surface area (Å²) in [5, 5.41) is 17.3. The molecule has 0 radical (unpaired) electrons. The van der Waals surface area contributed by atoms with Gasteiger partial charge in [-0.3, -0.25) is 14.6 Å². The molecule has 9 heteroatoms. The van der Waals surface area contributed by atoms with Crippen molar-refractivity contribution >= 4 is 28.3 Å². The van der Waals surface area contributed by atoms with Gasteiger partial charge in [0.25, 0.3) is 5.91 Å². The predicted molar refractivity (Wildman–Crippen MR) is 141 cm³/mol. The van der Waals surface area contributed by atoms with Crippen molar-refractivity contribution in [1.29, 1.82) is 5.26 Å². The number of carbonyl (C=O) groups is 2. The van der Waals surface area contributed by atoms with Gasteiger partial charge < -0.3 is 15.4 Å². The summed E-state index contributed by atoms with van der Waals surface area (Å²) < 4.78 is 5.63. The number of ether oxygens (including phenoxy) is 1. The Kier molecular flexibility index (Phi) is 6.66. The van der Waals surface area contributed by atoms with Crippen LogP contribution in [-0.4, -0.2) is 34.9 Å². The van der Waals surface area contributed by atoms with Gasteiger partial charge in [0.15, 0.2) is 5.13 Å². The first-order valence-electron chi connectivity index (χ1n) is 11.7. The summed E-state index contributed by atoms with van der Waals surface area (Å²) in [5.74, 6) is -0.185. The fourth-order valence-electron chi connectivity index (χ4n) is 4.14. The topological polar surface area (TPSA) is 117 Å². The minimum atomic E-state index is -0.721. The standard InChI is InChI=1S/C28H23N5O3S/c1-28(17-29)9-12-36-24-6-5-21(14-22(24)28)26(35)31-15-25(34)33-27-32-23(16-37-27)20-4-2-3-19(13-20)18-7-10-30-11-8-18/h2-8,10-11,13-14,16H,9,12,15H2,1H3,(H,31,35)(H,32,33,34)/t28-/m1/s1. The van der Waals surface area contributed by atoms with Crippen LogP contribution in [0.15, 0.2) is 72.4 Å². The van der Waals surface area contributed by atoms with E-state index in [1.807, 2.05) is 48.7 Å². The fraction of sp³-hybridized carbons (Fsp3) is 0.179. The lowest BCUT2D eigenvalue weighted by atomic mass is 9.78. The number of pyridine rings is 1. The molecule has 0 unspecified atom stereocenters. The summed E-state index contributed by atoms with van der Waals surface area (Å²) in [6, 6.07) is 19.2. The number of thiazole rings is 1. The number of hydrogen-bond donors (Lipinski definition) is 2. The van der Waals surface area contributed by atoms with Gasteiger partial charge in [0.05, 0.1) is 30.3 Å². The second kappa shape index (κ2) is 10.2. The average Bonchev–Trinajstić information content (AvgIpc) is 3.41. The van der Waals surface area contributed by atoms with E-state index in [9.17, 15) is 14.9 Å². The number of amides is 2. The molecule has 0 aliphatic carbocycles. The number of benzene rings is 2. The van der Waals surface area contributed by atoms with Crippen molar-refractivity contribution < 1.29 is 14.3 Å². The summed E-state index contributed by atoms with van der Waals surface area (Å²) >= 11 is 1.31. The highest BCUT2D eigenvalue weighted by Gasteiger charge is 2.34. The van der Waals surface area contributed by atoms with E-state index in [-0.39, 0.29) is 12.5 Å². The maximum atomic E-state index is 12.7. The first-order chi connectivity index (χ1) is 17.9. The lowest BCUT2D eigenvalue weighted by molar-refractivity contribution is -0.115. The molecule has 0 bridgehead atoms. The molecule has 0 spiro atoms. The number of nitrogens with one attached hydrogen (secondary N) is 2. The molecule has 2 amide bonds. The normalized spacial score (nSPS) is 16.1. The molecule has 2 aromatic heterocycles. The molecule has 3 heterocycles. The van der Waals surface area contributed by atoms with E-state index in [1.54, 1.807) is 30.6 Å². The smallest absolute Gasteiger partial charge is 0.251 e. The summed E-state index contributed by atoms with van der Waals surface area (Å²) in [5.41, 5.74) is 4.11. The second-order valence-electron chi connectivity index (χ2n) is 8.84. The Morgan fingerprint density at radius 3 is 2.73 bits per heavy atom. The SMILES string of the molecule is C[C@]1(C#N)CCOc2ccc(C(=O)NCC(=O)Nc3nc(-c4cccc(-c5ccncc5)c4)cs3)cc21. The largest absolute Gasteiger partial charge is 0.493 e. The van der Waals surface area contributed by atoms with Gasteiger partial charge in [0.2, 0.25) is 5.91 Å². The highest BCUT2D eigenvalue weighted by molar-refractivity contribution is 7.14. The average molecular weight is 510 g/mol. The van der Waals surface area contributed by atoms with E-state index in [4.69, 9.17) is 4.74 Å². The van der Waals surface area contributed by atoms with Crippen LogP contribution in [0.2, 0.25) is 0 Å². The van der Waals surface area contributed by atoms with E-state index in [2.05, 4.69) is 26.7 Å². The molecule has 2 N–H and O–H groups in total. The van der Waals surface area contributed by atoms with Crippen LogP contribution >= 0.6 is 11.3 Å². The molecule has 0 saturated carbocycles. The summed E-state index contributed by atoms with van der Waals surface area (Å²) in [6.07, 6.45) is 4.05. The van der Waals surface area contributed by atoms with Crippen molar-refractivity contribution in [3.05, 3.63) is 83.5 Å². The molecule has 5 rings (SSSR count). The lowest BCUT2D eigenvalue weighted by Gasteiger charge is -2.30. The van der Waals surface area contributed by atoms with Crippen LogP contribution in [0.25, 0.3) is 22.4 Å². The second-order valence-corrected chi connectivity index (χ2v) is 9.70. The van der Waals surface area contributed by atoms with E-state index in [0.717, 1.165) is 22.4 Å². The zero-order chi connectivity index (χ0) is 25.8. The van der Waals surface area contributed by atoms with Gasteiger partial charge >= 0.3 is 0 Å². The van der Waals surface area contributed by atoms with Gasteiger partial charge in [0, 0.05) is 40.9 Å². The number of fused-ring (bicyclic) bond motifs is 1. The Hall–Kier alpha value is -4.55. The number of hydrogen-bond acceptors (Lipinski definition) is 7. The van der Waals surface area contributed by atoms with Crippen LogP contribution in [0.4, 0.5) is 5.13 Å². The van der Waals surface area contributed by atoms with Crippen LogP contribution < -0.4 is 15.4 Å². The summed E-state index contributed by atoms with van der Waals surface area (Å²) in [6.45, 7) is 2.08. The molecule has 1 aliphatic rings. The Morgan fingerprint density at radius 1 is 1.11 bits per heavy atom. The molecule has 1 atom stereocenters. The fourth-order valence-corrected chi connectivity index (χ4v) is 4.87. The number of anilines is 1. The molecular formula is C28H23N5O3S. The van der Waals surface area contributed by atoms with Gasteiger partial charge in [-0.25, -0.2) is 4.98 Å². The molecule has 1 aliphatic heterocycles. The number of nitrogens with zero attached hydrogens (tertiary/aromatic N) is 3. The van der Waals surface area contributed by atoms with Crippen LogP contribution in [0, 0.1) is 11.3 Å². The van der Waals surface area contributed by atoms with Crippen LogP contribution in [0.3, 0.4) is 0 Å². The molecule has 4 aromatic rings. The summed E-state index contributed by atoms with van der Waals surface area (Å²) in [4.78, 5) is 33.8. The van der Waals surface area contributed by atoms with Crippen LogP contribution in [0.5, 0.6) is 5.75 Å². The van der Waals surface area contributed by atoms with Crippen molar-refractivity contribution in [2.45, 2.75) is 18.8 Å².